The summed E-state index contributed by atoms with van der Waals surface area (Å²) in [5.41, 5.74) is 0.164. The molecule has 0 saturated heterocycles. The molecular weight excluding hydrogens is 258 g/mol. The second kappa shape index (κ2) is 5.31. The van der Waals surface area contributed by atoms with Crippen molar-refractivity contribution < 1.29 is 5.11 Å². The molecule has 4 heteroatoms. The van der Waals surface area contributed by atoms with Crippen LogP contribution in [0.1, 0.15) is 32.8 Å². The largest absolute Gasteiger partial charge is 0.386 e. The van der Waals surface area contributed by atoms with E-state index in [9.17, 15) is 9.90 Å². The van der Waals surface area contributed by atoms with Gasteiger partial charge in [-0.25, -0.2) is 0 Å². The van der Waals surface area contributed by atoms with Gasteiger partial charge in [-0.1, -0.05) is 13.0 Å². The van der Waals surface area contributed by atoms with E-state index in [0.29, 0.717) is 12.1 Å². The van der Waals surface area contributed by atoms with Crippen LogP contribution in [-0.2, 0) is 12.1 Å². The van der Waals surface area contributed by atoms with E-state index >= 15 is 0 Å². The highest BCUT2D eigenvalue weighted by molar-refractivity contribution is 7.13. The van der Waals surface area contributed by atoms with E-state index < -0.39 is 5.60 Å². The fourth-order valence-electron chi connectivity index (χ4n) is 2.13. The topological polar surface area (TPSA) is 42.2 Å². The number of aromatic nitrogens is 1. The second-order valence-corrected chi connectivity index (χ2v) is 6.07. The molecule has 0 aromatic carbocycles. The van der Waals surface area contributed by atoms with Crippen molar-refractivity contribution in [2.75, 3.05) is 0 Å². The van der Waals surface area contributed by atoms with Gasteiger partial charge in [-0.15, -0.1) is 11.3 Å². The molecule has 0 saturated carbocycles. The van der Waals surface area contributed by atoms with Crippen LogP contribution in [0.4, 0.5) is 0 Å². The van der Waals surface area contributed by atoms with E-state index in [-0.39, 0.29) is 5.56 Å². The fraction of sp³-hybridized carbons (Fsp3) is 0.400. The van der Waals surface area contributed by atoms with Crippen molar-refractivity contribution in [1.82, 2.24) is 4.57 Å². The molecular formula is C15H19NO2S. The van der Waals surface area contributed by atoms with Crippen LogP contribution < -0.4 is 5.56 Å². The van der Waals surface area contributed by atoms with Crippen LogP contribution in [0.15, 0.2) is 34.4 Å². The Kier molecular flexibility index (Phi) is 3.92. The molecule has 0 aliphatic carbocycles. The maximum Gasteiger partial charge on any atom is 0.257 e. The van der Waals surface area contributed by atoms with Crippen molar-refractivity contribution in [1.29, 1.82) is 0 Å². The van der Waals surface area contributed by atoms with Crippen LogP contribution >= 0.6 is 11.3 Å². The lowest BCUT2D eigenvalue weighted by Crippen LogP contribution is -2.32. The highest BCUT2D eigenvalue weighted by Gasteiger charge is 2.22. The zero-order valence-electron chi connectivity index (χ0n) is 11.5. The number of nitrogens with zero attached hydrogens (tertiary/aromatic N) is 1. The molecule has 0 spiro atoms. The summed E-state index contributed by atoms with van der Waals surface area (Å²) in [4.78, 5) is 13.6. The van der Waals surface area contributed by atoms with Gasteiger partial charge in [-0.2, -0.15) is 0 Å². The molecule has 102 valence electrons. The third-order valence-corrected chi connectivity index (χ3v) is 3.95. The van der Waals surface area contributed by atoms with Crippen LogP contribution in [0.5, 0.6) is 0 Å². The van der Waals surface area contributed by atoms with Crippen LogP contribution in [-0.4, -0.2) is 9.67 Å². The predicted octanol–water partition coefficient (Wildman–Crippen LogP) is 3.21. The zero-order chi connectivity index (χ0) is 14.0. The van der Waals surface area contributed by atoms with Gasteiger partial charge >= 0.3 is 0 Å². The smallest absolute Gasteiger partial charge is 0.257 e. The summed E-state index contributed by atoms with van der Waals surface area (Å²) < 4.78 is 1.76. The van der Waals surface area contributed by atoms with E-state index in [1.165, 1.54) is 0 Å². The summed E-state index contributed by atoms with van der Waals surface area (Å²) in [6.07, 6.45) is 0.883. The molecule has 2 aromatic rings. The van der Waals surface area contributed by atoms with E-state index in [0.717, 1.165) is 17.0 Å². The maximum atomic E-state index is 12.5. The highest BCUT2D eigenvalue weighted by atomic mass is 32.1. The number of thiophene rings is 1. The fourth-order valence-corrected chi connectivity index (χ4v) is 2.89. The summed E-state index contributed by atoms with van der Waals surface area (Å²) in [6.45, 7) is 5.99. The average Bonchev–Trinajstić information content (AvgIpc) is 2.83. The first-order chi connectivity index (χ1) is 8.95. The normalized spacial score (nSPS) is 11.8. The minimum Gasteiger partial charge on any atom is -0.386 e. The predicted molar refractivity (Wildman–Crippen MR) is 79.6 cm³/mol. The number of hydrogen-bond donors (Lipinski definition) is 1. The van der Waals surface area contributed by atoms with Gasteiger partial charge in [0.15, 0.2) is 0 Å². The van der Waals surface area contributed by atoms with Gasteiger partial charge in [-0.3, -0.25) is 4.79 Å². The molecule has 0 aliphatic rings. The lowest BCUT2D eigenvalue weighted by atomic mass is 9.99. The lowest BCUT2D eigenvalue weighted by molar-refractivity contribution is 0.0765. The minimum atomic E-state index is -1.11. The number of pyridine rings is 1. The molecule has 2 aromatic heterocycles. The minimum absolute atomic E-state index is 0.0970. The van der Waals surface area contributed by atoms with Crippen molar-refractivity contribution in [3.8, 4) is 10.6 Å². The molecule has 0 radical (unpaired) electrons. The molecule has 2 rings (SSSR count). The van der Waals surface area contributed by atoms with E-state index in [4.69, 9.17) is 0 Å². The Balaban J connectivity index is 2.65. The van der Waals surface area contributed by atoms with E-state index in [1.54, 1.807) is 35.8 Å². The van der Waals surface area contributed by atoms with Crippen molar-refractivity contribution in [3.05, 3.63) is 45.6 Å². The Morgan fingerprint density at radius 2 is 2.05 bits per heavy atom. The van der Waals surface area contributed by atoms with Gasteiger partial charge in [0.05, 0.1) is 16.2 Å². The standard InChI is InChI=1S/C15H19NO2S/c1-4-9-16-12(13-6-5-10-19-13)8-7-11(14(16)17)15(2,3)18/h5-8,10,18H,4,9H2,1-3H3. The van der Waals surface area contributed by atoms with Crippen LogP contribution in [0.2, 0.25) is 0 Å². The molecule has 1 N–H and O–H groups in total. The van der Waals surface area contributed by atoms with Gasteiger partial charge in [0.25, 0.3) is 5.56 Å². The van der Waals surface area contributed by atoms with Gasteiger partial charge in [0, 0.05) is 12.1 Å². The number of aliphatic hydroxyl groups is 1. The van der Waals surface area contributed by atoms with Crippen molar-refractivity contribution in [2.24, 2.45) is 0 Å². The van der Waals surface area contributed by atoms with Gasteiger partial charge in [-0.05, 0) is 43.8 Å². The van der Waals surface area contributed by atoms with Crippen molar-refractivity contribution >= 4 is 11.3 Å². The van der Waals surface area contributed by atoms with E-state index in [1.807, 2.05) is 30.5 Å². The highest BCUT2D eigenvalue weighted by Crippen LogP contribution is 2.25. The molecule has 2 heterocycles. The molecule has 19 heavy (non-hydrogen) atoms. The van der Waals surface area contributed by atoms with Crippen LogP contribution in [0.3, 0.4) is 0 Å². The third kappa shape index (κ3) is 2.80. The first kappa shape index (κ1) is 14.0. The molecule has 0 bridgehead atoms. The van der Waals surface area contributed by atoms with Crippen molar-refractivity contribution in [2.45, 2.75) is 39.3 Å². The van der Waals surface area contributed by atoms with Gasteiger partial charge in [0.1, 0.15) is 0 Å². The first-order valence-electron chi connectivity index (χ1n) is 6.45. The Labute approximate surface area is 117 Å². The van der Waals surface area contributed by atoms with Gasteiger partial charge < -0.3 is 9.67 Å². The summed E-state index contributed by atoms with van der Waals surface area (Å²) in [7, 11) is 0. The maximum absolute atomic E-state index is 12.5. The first-order valence-corrected chi connectivity index (χ1v) is 7.33. The second-order valence-electron chi connectivity index (χ2n) is 5.13. The third-order valence-electron chi connectivity index (χ3n) is 3.05. The molecule has 0 aliphatic heterocycles. The molecule has 0 atom stereocenters. The Morgan fingerprint density at radius 1 is 1.32 bits per heavy atom. The monoisotopic (exact) mass is 277 g/mol. The van der Waals surface area contributed by atoms with Crippen LogP contribution in [0, 0.1) is 0 Å². The molecule has 0 unspecified atom stereocenters. The Bertz CT molecular complexity index is 606. The molecule has 0 amide bonds. The quantitative estimate of drug-likeness (QED) is 0.932. The average molecular weight is 277 g/mol. The molecule has 0 fully saturated rings. The van der Waals surface area contributed by atoms with Gasteiger partial charge in [0.2, 0.25) is 0 Å². The zero-order valence-corrected chi connectivity index (χ0v) is 12.3. The number of rotatable bonds is 4. The summed E-state index contributed by atoms with van der Waals surface area (Å²) >= 11 is 1.62. The van der Waals surface area contributed by atoms with Crippen LogP contribution in [0.25, 0.3) is 10.6 Å². The SMILES string of the molecule is CCCn1c(-c2cccs2)ccc(C(C)(C)O)c1=O. The Morgan fingerprint density at radius 3 is 2.58 bits per heavy atom. The van der Waals surface area contributed by atoms with Crippen molar-refractivity contribution in [3.63, 3.8) is 0 Å². The summed E-state index contributed by atoms with van der Waals surface area (Å²) in [6, 6.07) is 7.65. The van der Waals surface area contributed by atoms with E-state index in [2.05, 4.69) is 0 Å². The molecule has 3 nitrogen and oxygen atoms in total. The number of hydrogen-bond acceptors (Lipinski definition) is 3. The summed E-state index contributed by atoms with van der Waals surface area (Å²) in [5, 5.41) is 12.1. The Hall–Kier alpha value is -1.39. The lowest BCUT2D eigenvalue weighted by Gasteiger charge is -2.20. The summed E-state index contributed by atoms with van der Waals surface area (Å²) in [5.74, 6) is 0.